The van der Waals surface area contributed by atoms with Gasteiger partial charge < -0.3 is 4.74 Å². The lowest BCUT2D eigenvalue weighted by molar-refractivity contribution is -0.140. The molecule has 14 heavy (non-hydrogen) atoms. The smallest absolute Gasteiger partial charge is 0.307 e. The Morgan fingerprint density at radius 2 is 2.36 bits per heavy atom. The quantitative estimate of drug-likeness (QED) is 0.686. The molecule has 4 nitrogen and oxygen atoms in total. The predicted octanol–water partition coefficient (Wildman–Crippen LogP) is 1.57. The standard InChI is InChI=1S/C10H16N2O2/c1-8(2)9-4-6-12(11-9)7-5-10(13)14-3/h4,6,8H,5,7H2,1-3H3. The van der Waals surface area contributed by atoms with E-state index < -0.39 is 0 Å². The fourth-order valence-electron chi connectivity index (χ4n) is 1.12. The van der Waals surface area contributed by atoms with Gasteiger partial charge in [-0.1, -0.05) is 13.8 Å². The van der Waals surface area contributed by atoms with Gasteiger partial charge in [-0.3, -0.25) is 9.48 Å². The fourth-order valence-corrected chi connectivity index (χ4v) is 1.12. The van der Waals surface area contributed by atoms with Crippen LogP contribution in [0.15, 0.2) is 12.3 Å². The molecule has 78 valence electrons. The number of esters is 1. The highest BCUT2D eigenvalue weighted by Crippen LogP contribution is 2.10. The summed E-state index contributed by atoms with van der Waals surface area (Å²) in [6, 6.07) is 1.97. The number of aromatic nitrogens is 2. The van der Waals surface area contributed by atoms with Crippen LogP contribution in [0.3, 0.4) is 0 Å². The Hall–Kier alpha value is -1.32. The molecule has 0 aliphatic heterocycles. The minimum atomic E-state index is -0.202. The van der Waals surface area contributed by atoms with E-state index in [0.29, 0.717) is 18.9 Å². The van der Waals surface area contributed by atoms with Gasteiger partial charge in [0.2, 0.25) is 0 Å². The Bertz CT molecular complexity index is 305. The van der Waals surface area contributed by atoms with E-state index in [-0.39, 0.29) is 5.97 Å². The van der Waals surface area contributed by atoms with Crippen LogP contribution in [-0.4, -0.2) is 22.9 Å². The minimum absolute atomic E-state index is 0.202. The van der Waals surface area contributed by atoms with E-state index in [1.165, 1.54) is 7.11 Å². The van der Waals surface area contributed by atoms with E-state index in [1.807, 2.05) is 12.3 Å². The van der Waals surface area contributed by atoms with E-state index in [2.05, 4.69) is 23.7 Å². The first-order valence-electron chi connectivity index (χ1n) is 4.73. The first-order chi connectivity index (χ1) is 6.63. The number of ether oxygens (including phenoxy) is 1. The average molecular weight is 196 g/mol. The number of methoxy groups -OCH3 is 1. The summed E-state index contributed by atoms with van der Waals surface area (Å²) in [7, 11) is 1.39. The average Bonchev–Trinajstić information content (AvgIpc) is 2.62. The molecular formula is C10H16N2O2. The van der Waals surface area contributed by atoms with E-state index in [0.717, 1.165) is 5.69 Å². The van der Waals surface area contributed by atoms with Gasteiger partial charge in [-0.25, -0.2) is 0 Å². The molecule has 1 aromatic heterocycles. The van der Waals surface area contributed by atoms with E-state index in [4.69, 9.17) is 0 Å². The highest BCUT2D eigenvalue weighted by Gasteiger charge is 2.05. The summed E-state index contributed by atoms with van der Waals surface area (Å²) in [5, 5.41) is 4.32. The van der Waals surface area contributed by atoms with Gasteiger partial charge in [0.1, 0.15) is 0 Å². The molecule has 0 amide bonds. The van der Waals surface area contributed by atoms with Crippen LogP contribution in [0.4, 0.5) is 0 Å². The second-order valence-electron chi connectivity index (χ2n) is 3.48. The van der Waals surface area contributed by atoms with Crippen LogP contribution in [0.25, 0.3) is 0 Å². The van der Waals surface area contributed by atoms with Crippen molar-refractivity contribution in [1.29, 1.82) is 0 Å². The van der Waals surface area contributed by atoms with Crippen molar-refractivity contribution in [2.75, 3.05) is 7.11 Å². The van der Waals surface area contributed by atoms with Gasteiger partial charge in [0.05, 0.1) is 25.8 Å². The Balaban J connectivity index is 2.48. The molecule has 0 saturated heterocycles. The number of carbonyl (C=O) groups excluding carboxylic acids is 1. The number of hydrogen-bond donors (Lipinski definition) is 0. The Kier molecular flexibility index (Phi) is 3.68. The lowest BCUT2D eigenvalue weighted by atomic mass is 10.1. The van der Waals surface area contributed by atoms with Crippen LogP contribution in [0, 0.1) is 0 Å². The lowest BCUT2D eigenvalue weighted by Gasteiger charge is -2.01. The monoisotopic (exact) mass is 196 g/mol. The first kappa shape index (κ1) is 10.8. The molecule has 1 aromatic rings. The zero-order chi connectivity index (χ0) is 10.6. The van der Waals surface area contributed by atoms with Crippen LogP contribution in [0.1, 0.15) is 31.9 Å². The van der Waals surface area contributed by atoms with E-state index >= 15 is 0 Å². The summed E-state index contributed by atoms with van der Waals surface area (Å²) in [6.45, 7) is 4.76. The Morgan fingerprint density at radius 1 is 1.64 bits per heavy atom. The van der Waals surface area contributed by atoms with Gasteiger partial charge in [-0.2, -0.15) is 5.10 Å². The van der Waals surface area contributed by atoms with Gasteiger partial charge in [0, 0.05) is 6.20 Å². The third-order valence-corrected chi connectivity index (χ3v) is 2.03. The van der Waals surface area contributed by atoms with Crippen molar-refractivity contribution in [3.8, 4) is 0 Å². The van der Waals surface area contributed by atoms with Crippen molar-refractivity contribution in [2.24, 2.45) is 0 Å². The van der Waals surface area contributed by atoms with Crippen LogP contribution in [-0.2, 0) is 16.1 Å². The predicted molar refractivity (Wildman–Crippen MR) is 52.9 cm³/mol. The summed E-state index contributed by atoms with van der Waals surface area (Å²) in [6.07, 6.45) is 2.26. The number of carbonyl (C=O) groups is 1. The summed E-state index contributed by atoms with van der Waals surface area (Å²) >= 11 is 0. The number of rotatable bonds is 4. The minimum Gasteiger partial charge on any atom is -0.469 e. The maximum Gasteiger partial charge on any atom is 0.307 e. The summed E-state index contributed by atoms with van der Waals surface area (Å²) in [5.41, 5.74) is 1.05. The normalized spacial score (nSPS) is 10.6. The third kappa shape index (κ3) is 2.87. The summed E-state index contributed by atoms with van der Waals surface area (Å²) < 4.78 is 6.32. The van der Waals surface area contributed by atoms with E-state index in [1.54, 1.807) is 4.68 Å². The van der Waals surface area contributed by atoms with Crippen molar-refractivity contribution < 1.29 is 9.53 Å². The number of nitrogens with zero attached hydrogens (tertiary/aromatic N) is 2. The van der Waals surface area contributed by atoms with Crippen molar-refractivity contribution in [3.63, 3.8) is 0 Å². The Labute approximate surface area is 83.9 Å². The fraction of sp³-hybridized carbons (Fsp3) is 0.600. The SMILES string of the molecule is COC(=O)CCn1ccc(C(C)C)n1. The molecule has 0 bridgehead atoms. The highest BCUT2D eigenvalue weighted by atomic mass is 16.5. The molecule has 0 atom stereocenters. The van der Waals surface area contributed by atoms with Gasteiger partial charge in [0.25, 0.3) is 0 Å². The van der Waals surface area contributed by atoms with Gasteiger partial charge in [-0.15, -0.1) is 0 Å². The van der Waals surface area contributed by atoms with Gasteiger partial charge >= 0.3 is 5.97 Å². The van der Waals surface area contributed by atoms with Crippen molar-refractivity contribution >= 4 is 5.97 Å². The van der Waals surface area contributed by atoms with Crippen LogP contribution >= 0.6 is 0 Å². The molecule has 1 heterocycles. The lowest BCUT2D eigenvalue weighted by Crippen LogP contribution is -2.07. The molecule has 0 aliphatic carbocycles. The maximum atomic E-state index is 10.9. The molecule has 0 fully saturated rings. The van der Waals surface area contributed by atoms with Gasteiger partial charge in [0.15, 0.2) is 0 Å². The summed E-state index contributed by atoms with van der Waals surface area (Å²) in [5.74, 6) is 0.223. The molecule has 0 N–H and O–H groups in total. The van der Waals surface area contributed by atoms with E-state index in [9.17, 15) is 4.79 Å². The van der Waals surface area contributed by atoms with Crippen molar-refractivity contribution in [1.82, 2.24) is 9.78 Å². The second-order valence-corrected chi connectivity index (χ2v) is 3.48. The second kappa shape index (κ2) is 4.79. The number of hydrogen-bond acceptors (Lipinski definition) is 3. The third-order valence-electron chi connectivity index (χ3n) is 2.03. The highest BCUT2D eigenvalue weighted by molar-refractivity contribution is 5.68. The zero-order valence-corrected chi connectivity index (χ0v) is 8.86. The molecular weight excluding hydrogens is 180 g/mol. The molecule has 0 aromatic carbocycles. The first-order valence-corrected chi connectivity index (χ1v) is 4.73. The largest absolute Gasteiger partial charge is 0.469 e. The molecule has 0 unspecified atom stereocenters. The molecule has 0 aliphatic rings. The molecule has 4 heteroatoms. The topological polar surface area (TPSA) is 44.1 Å². The molecule has 0 spiro atoms. The van der Waals surface area contributed by atoms with Crippen LogP contribution in [0.5, 0.6) is 0 Å². The number of aryl methyl sites for hydroxylation is 1. The molecule has 1 rings (SSSR count). The van der Waals surface area contributed by atoms with Crippen molar-refractivity contribution in [3.05, 3.63) is 18.0 Å². The van der Waals surface area contributed by atoms with Gasteiger partial charge in [-0.05, 0) is 12.0 Å². The summed E-state index contributed by atoms with van der Waals surface area (Å²) in [4.78, 5) is 10.9. The Morgan fingerprint density at radius 3 is 2.86 bits per heavy atom. The van der Waals surface area contributed by atoms with Crippen LogP contribution < -0.4 is 0 Å². The van der Waals surface area contributed by atoms with Crippen molar-refractivity contribution in [2.45, 2.75) is 32.7 Å². The molecule has 0 saturated carbocycles. The molecule has 0 radical (unpaired) electrons. The maximum absolute atomic E-state index is 10.9. The van der Waals surface area contributed by atoms with Crippen LogP contribution in [0.2, 0.25) is 0 Å². The zero-order valence-electron chi connectivity index (χ0n) is 8.86.